The van der Waals surface area contributed by atoms with Gasteiger partial charge in [-0.05, 0) is 18.2 Å². The quantitative estimate of drug-likeness (QED) is 0.724. The summed E-state index contributed by atoms with van der Waals surface area (Å²) in [6.45, 7) is 0.649. The van der Waals surface area contributed by atoms with Gasteiger partial charge in [0, 0.05) is 23.3 Å². The maximum atomic E-state index is 5.95. The molecule has 84 valence electrons. The molecule has 17 heavy (non-hydrogen) atoms. The Morgan fingerprint density at radius 2 is 2.06 bits per heavy atom. The van der Waals surface area contributed by atoms with E-state index in [0.29, 0.717) is 12.4 Å². The van der Waals surface area contributed by atoms with Gasteiger partial charge in [-0.3, -0.25) is 4.68 Å². The lowest BCUT2D eigenvalue weighted by atomic mass is 10.1. The van der Waals surface area contributed by atoms with Gasteiger partial charge in [0.15, 0.2) is 0 Å². The number of pyridine rings is 1. The fourth-order valence-electron chi connectivity index (χ4n) is 1.87. The van der Waals surface area contributed by atoms with Crippen LogP contribution in [0, 0.1) is 0 Å². The number of aromatic nitrogens is 3. The molecular weight excluding hydrogens is 212 g/mol. The third-order valence-electron chi connectivity index (χ3n) is 2.73. The number of fused-ring (bicyclic) bond motifs is 1. The van der Waals surface area contributed by atoms with Crippen molar-refractivity contribution in [2.75, 3.05) is 5.73 Å². The minimum atomic E-state index is 0.569. The summed E-state index contributed by atoms with van der Waals surface area (Å²) in [4.78, 5) is 4.39. The van der Waals surface area contributed by atoms with Gasteiger partial charge in [-0.2, -0.15) is 5.10 Å². The molecule has 3 rings (SSSR count). The Balaban J connectivity index is 2.07. The highest BCUT2D eigenvalue weighted by molar-refractivity contribution is 5.81. The van der Waals surface area contributed by atoms with Crippen molar-refractivity contribution in [1.29, 1.82) is 0 Å². The van der Waals surface area contributed by atoms with Gasteiger partial charge in [0.1, 0.15) is 5.82 Å². The number of nitrogens with zero attached hydrogens (tertiary/aromatic N) is 3. The van der Waals surface area contributed by atoms with E-state index in [-0.39, 0.29) is 0 Å². The van der Waals surface area contributed by atoms with E-state index in [2.05, 4.69) is 16.1 Å². The van der Waals surface area contributed by atoms with E-state index < -0.39 is 0 Å². The van der Waals surface area contributed by atoms with Crippen LogP contribution < -0.4 is 5.73 Å². The van der Waals surface area contributed by atoms with Gasteiger partial charge in [-0.1, -0.05) is 18.2 Å². The van der Waals surface area contributed by atoms with E-state index in [9.17, 15) is 0 Å². The van der Waals surface area contributed by atoms with Crippen LogP contribution in [0.5, 0.6) is 0 Å². The number of rotatable bonds is 2. The second kappa shape index (κ2) is 3.90. The average molecular weight is 224 g/mol. The Kier molecular flexibility index (Phi) is 2.26. The first kappa shape index (κ1) is 9.84. The standard InChI is InChI=1S/C13H12N4/c14-13-11(9-17-7-3-6-15-17)8-10-4-1-2-5-12(10)16-13/h1-8H,9H2,(H2,14,16). The van der Waals surface area contributed by atoms with Crippen molar-refractivity contribution in [2.45, 2.75) is 6.54 Å². The Morgan fingerprint density at radius 3 is 2.88 bits per heavy atom. The van der Waals surface area contributed by atoms with Gasteiger partial charge in [-0.15, -0.1) is 0 Å². The normalized spacial score (nSPS) is 10.8. The van der Waals surface area contributed by atoms with Crippen molar-refractivity contribution in [3.63, 3.8) is 0 Å². The molecule has 1 aromatic carbocycles. The number of benzene rings is 1. The fraction of sp³-hybridized carbons (Fsp3) is 0.0769. The number of para-hydroxylation sites is 1. The molecule has 3 aromatic rings. The van der Waals surface area contributed by atoms with E-state index in [1.54, 1.807) is 6.20 Å². The lowest BCUT2D eigenvalue weighted by molar-refractivity contribution is 0.687. The van der Waals surface area contributed by atoms with E-state index >= 15 is 0 Å². The minimum Gasteiger partial charge on any atom is -0.383 e. The first-order valence-corrected chi connectivity index (χ1v) is 5.44. The van der Waals surface area contributed by atoms with Crippen LogP contribution in [0.4, 0.5) is 5.82 Å². The second-order valence-electron chi connectivity index (χ2n) is 3.93. The van der Waals surface area contributed by atoms with Crippen LogP contribution in [0.2, 0.25) is 0 Å². The topological polar surface area (TPSA) is 56.7 Å². The van der Waals surface area contributed by atoms with Gasteiger partial charge in [-0.25, -0.2) is 4.98 Å². The molecular formula is C13H12N4. The molecule has 0 unspecified atom stereocenters. The number of hydrogen-bond donors (Lipinski definition) is 1. The molecule has 0 fully saturated rings. The summed E-state index contributed by atoms with van der Waals surface area (Å²) in [7, 11) is 0. The summed E-state index contributed by atoms with van der Waals surface area (Å²) in [6.07, 6.45) is 3.67. The molecule has 2 aromatic heterocycles. The molecule has 0 aliphatic carbocycles. The van der Waals surface area contributed by atoms with Crippen LogP contribution >= 0.6 is 0 Å². The maximum absolute atomic E-state index is 5.95. The molecule has 4 nitrogen and oxygen atoms in total. The summed E-state index contributed by atoms with van der Waals surface area (Å²) >= 11 is 0. The largest absolute Gasteiger partial charge is 0.383 e. The summed E-state index contributed by atoms with van der Waals surface area (Å²) in [5, 5.41) is 5.27. The molecule has 2 N–H and O–H groups in total. The van der Waals surface area contributed by atoms with E-state index in [1.807, 2.05) is 41.2 Å². The Bertz CT molecular complexity index is 644. The smallest absolute Gasteiger partial charge is 0.129 e. The molecule has 0 bridgehead atoms. The molecule has 2 heterocycles. The molecule has 0 atom stereocenters. The van der Waals surface area contributed by atoms with Crippen LogP contribution in [0.15, 0.2) is 48.8 Å². The number of nitrogens with two attached hydrogens (primary N) is 1. The zero-order valence-electron chi connectivity index (χ0n) is 9.24. The van der Waals surface area contributed by atoms with Gasteiger partial charge in [0.25, 0.3) is 0 Å². The predicted molar refractivity (Wildman–Crippen MR) is 67.5 cm³/mol. The summed E-state index contributed by atoms with van der Waals surface area (Å²) in [5.74, 6) is 0.569. The van der Waals surface area contributed by atoms with Crippen LogP contribution in [-0.4, -0.2) is 14.8 Å². The Labute approximate surface area is 98.7 Å². The highest BCUT2D eigenvalue weighted by Crippen LogP contribution is 2.18. The summed E-state index contributed by atoms with van der Waals surface area (Å²) < 4.78 is 1.84. The predicted octanol–water partition coefficient (Wildman–Crippen LogP) is 2.06. The number of anilines is 1. The molecule has 0 aliphatic rings. The monoisotopic (exact) mass is 224 g/mol. The molecule has 4 heteroatoms. The van der Waals surface area contributed by atoms with E-state index in [4.69, 9.17) is 5.73 Å². The Hall–Kier alpha value is -2.36. The van der Waals surface area contributed by atoms with E-state index in [1.165, 1.54) is 0 Å². The molecule has 0 saturated carbocycles. The van der Waals surface area contributed by atoms with Crippen molar-refractivity contribution in [3.05, 3.63) is 54.4 Å². The fourth-order valence-corrected chi connectivity index (χ4v) is 1.87. The first-order valence-electron chi connectivity index (χ1n) is 5.44. The van der Waals surface area contributed by atoms with Gasteiger partial charge in [0.05, 0.1) is 12.1 Å². The first-order chi connectivity index (χ1) is 8.33. The third-order valence-corrected chi connectivity index (χ3v) is 2.73. The molecule has 0 amide bonds. The van der Waals surface area contributed by atoms with Crippen molar-refractivity contribution in [1.82, 2.24) is 14.8 Å². The van der Waals surface area contributed by atoms with Crippen LogP contribution in [0.1, 0.15) is 5.56 Å². The van der Waals surface area contributed by atoms with Crippen molar-refractivity contribution in [2.24, 2.45) is 0 Å². The molecule has 0 saturated heterocycles. The number of nitrogen functional groups attached to an aromatic ring is 1. The lowest BCUT2D eigenvalue weighted by Crippen LogP contribution is -2.05. The van der Waals surface area contributed by atoms with Gasteiger partial charge < -0.3 is 5.73 Å². The number of hydrogen-bond acceptors (Lipinski definition) is 3. The van der Waals surface area contributed by atoms with Crippen molar-refractivity contribution < 1.29 is 0 Å². The summed E-state index contributed by atoms with van der Waals surface area (Å²) in [5.41, 5.74) is 7.87. The van der Waals surface area contributed by atoms with Crippen molar-refractivity contribution in [3.8, 4) is 0 Å². The maximum Gasteiger partial charge on any atom is 0.129 e. The third kappa shape index (κ3) is 1.85. The molecule has 0 spiro atoms. The SMILES string of the molecule is Nc1nc2ccccc2cc1Cn1cccn1. The van der Waals surface area contributed by atoms with Crippen LogP contribution in [0.25, 0.3) is 10.9 Å². The van der Waals surface area contributed by atoms with Gasteiger partial charge in [0.2, 0.25) is 0 Å². The van der Waals surface area contributed by atoms with Crippen molar-refractivity contribution >= 4 is 16.7 Å². The average Bonchev–Trinajstić information content (AvgIpc) is 2.83. The van der Waals surface area contributed by atoms with E-state index in [0.717, 1.165) is 16.5 Å². The zero-order valence-corrected chi connectivity index (χ0v) is 9.24. The minimum absolute atomic E-state index is 0.569. The lowest BCUT2D eigenvalue weighted by Gasteiger charge is -2.07. The highest BCUT2D eigenvalue weighted by atomic mass is 15.3. The molecule has 0 aliphatic heterocycles. The van der Waals surface area contributed by atoms with Crippen LogP contribution in [0.3, 0.4) is 0 Å². The highest BCUT2D eigenvalue weighted by Gasteiger charge is 2.04. The zero-order chi connectivity index (χ0) is 11.7. The molecule has 0 radical (unpaired) electrons. The van der Waals surface area contributed by atoms with Gasteiger partial charge >= 0.3 is 0 Å². The van der Waals surface area contributed by atoms with Crippen LogP contribution in [-0.2, 0) is 6.54 Å². The second-order valence-corrected chi connectivity index (χ2v) is 3.93. The Morgan fingerprint density at radius 1 is 1.18 bits per heavy atom. The summed E-state index contributed by atoms with van der Waals surface area (Å²) in [6, 6.07) is 11.9.